The van der Waals surface area contributed by atoms with Gasteiger partial charge in [-0.05, 0) is 92.8 Å². The number of aromatic nitrogens is 2. The molecule has 0 atom stereocenters. The van der Waals surface area contributed by atoms with E-state index >= 15 is 0 Å². The van der Waals surface area contributed by atoms with E-state index in [9.17, 15) is 4.79 Å². The number of carbonyl (C=O) groups is 1. The number of nitrogens with zero attached hydrogens (tertiary/aromatic N) is 3. The van der Waals surface area contributed by atoms with Crippen molar-refractivity contribution in [2.45, 2.75) is 58.4 Å². The standard InChI is InChI=1S/C32H34N4O/c1-21-10-12-24(13-11-21)31(37)36-18-16-26(17-19-36)34-32-33-22(2)27-15-14-25(20-30(27)35-32)29-9-5-7-23-6-3-4-8-28(23)29/h5,7,9-15,20,26H,3-4,6,8,16-19H2,1-2H3,(H,33,34,35). The van der Waals surface area contributed by atoms with Crippen LogP contribution in [0.1, 0.15) is 58.4 Å². The maximum Gasteiger partial charge on any atom is 0.253 e. The molecule has 0 saturated carbocycles. The highest BCUT2D eigenvalue weighted by Gasteiger charge is 2.24. The monoisotopic (exact) mass is 490 g/mol. The van der Waals surface area contributed by atoms with Crippen LogP contribution < -0.4 is 5.32 Å². The van der Waals surface area contributed by atoms with E-state index in [0.29, 0.717) is 5.95 Å². The minimum Gasteiger partial charge on any atom is -0.351 e. The summed E-state index contributed by atoms with van der Waals surface area (Å²) in [6, 6.07) is 21.4. The van der Waals surface area contributed by atoms with E-state index in [2.05, 4.69) is 48.6 Å². The summed E-state index contributed by atoms with van der Waals surface area (Å²) in [6.45, 7) is 5.57. The molecule has 1 aliphatic heterocycles. The molecule has 4 aromatic rings. The van der Waals surface area contributed by atoms with Gasteiger partial charge in [0.15, 0.2) is 0 Å². The van der Waals surface area contributed by atoms with Crippen LogP contribution >= 0.6 is 0 Å². The van der Waals surface area contributed by atoms with E-state index in [1.54, 1.807) is 0 Å². The number of fused-ring (bicyclic) bond motifs is 2. The van der Waals surface area contributed by atoms with Gasteiger partial charge in [-0.2, -0.15) is 0 Å². The molecule has 188 valence electrons. The Morgan fingerprint density at radius 3 is 2.51 bits per heavy atom. The fourth-order valence-corrected chi connectivity index (χ4v) is 5.86. The molecule has 1 fully saturated rings. The predicted octanol–water partition coefficient (Wildman–Crippen LogP) is 6.51. The Labute approximate surface area is 219 Å². The normalized spacial score (nSPS) is 16.0. The Kier molecular flexibility index (Phi) is 6.37. The van der Waals surface area contributed by atoms with Gasteiger partial charge in [0.05, 0.1) is 11.2 Å². The third-order valence-electron chi connectivity index (χ3n) is 8.01. The number of aryl methyl sites for hydroxylation is 3. The Morgan fingerprint density at radius 1 is 0.919 bits per heavy atom. The van der Waals surface area contributed by atoms with Crippen molar-refractivity contribution in [2.75, 3.05) is 18.4 Å². The lowest BCUT2D eigenvalue weighted by Crippen LogP contribution is -2.42. The molecule has 0 radical (unpaired) electrons. The van der Waals surface area contributed by atoms with Gasteiger partial charge in [-0.25, -0.2) is 9.97 Å². The number of piperidine rings is 1. The van der Waals surface area contributed by atoms with Crippen molar-refractivity contribution in [3.8, 4) is 11.1 Å². The highest BCUT2D eigenvalue weighted by Crippen LogP contribution is 2.33. The van der Waals surface area contributed by atoms with Crippen molar-refractivity contribution < 1.29 is 4.79 Å². The van der Waals surface area contributed by atoms with Crippen LogP contribution in [0.2, 0.25) is 0 Å². The molecule has 1 amide bonds. The van der Waals surface area contributed by atoms with Gasteiger partial charge in [-0.3, -0.25) is 4.79 Å². The quantitative estimate of drug-likeness (QED) is 0.354. The first-order chi connectivity index (χ1) is 18.0. The zero-order valence-corrected chi connectivity index (χ0v) is 21.8. The first-order valence-corrected chi connectivity index (χ1v) is 13.6. The van der Waals surface area contributed by atoms with E-state index in [4.69, 9.17) is 9.97 Å². The molecular formula is C32H34N4O. The Morgan fingerprint density at radius 2 is 1.70 bits per heavy atom. The molecule has 1 saturated heterocycles. The van der Waals surface area contributed by atoms with Crippen LogP contribution in [0, 0.1) is 13.8 Å². The van der Waals surface area contributed by atoms with E-state index in [-0.39, 0.29) is 11.9 Å². The Hall–Kier alpha value is -3.73. The number of anilines is 1. The van der Waals surface area contributed by atoms with E-state index in [0.717, 1.165) is 54.5 Å². The number of carbonyl (C=O) groups excluding carboxylic acids is 1. The number of rotatable bonds is 4. The van der Waals surface area contributed by atoms with Crippen LogP contribution in [-0.4, -0.2) is 39.9 Å². The van der Waals surface area contributed by atoms with Gasteiger partial charge in [-0.15, -0.1) is 0 Å². The minimum absolute atomic E-state index is 0.117. The van der Waals surface area contributed by atoms with Crippen LogP contribution in [0.4, 0.5) is 5.95 Å². The second-order valence-corrected chi connectivity index (χ2v) is 10.6. The summed E-state index contributed by atoms with van der Waals surface area (Å²) in [7, 11) is 0. The topological polar surface area (TPSA) is 58.1 Å². The van der Waals surface area contributed by atoms with E-state index in [1.807, 2.05) is 36.1 Å². The molecule has 1 N–H and O–H groups in total. The zero-order chi connectivity index (χ0) is 25.4. The molecular weight excluding hydrogens is 456 g/mol. The molecule has 6 rings (SSSR count). The van der Waals surface area contributed by atoms with Crippen LogP contribution in [0.5, 0.6) is 0 Å². The first kappa shape index (κ1) is 23.7. The van der Waals surface area contributed by atoms with Gasteiger partial charge >= 0.3 is 0 Å². The Bertz CT molecular complexity index is 1450. The van der Waals surface area contributed by atoms with Crippen molar-refractivity contribution in [3.05, 3.63) is 88.6 Å². The van der Waals surface area contributed by atoms with Crippen molar-refractivity contribution in [1.82, 2.24) is 14.9 Å². The lowest BCUT2D eigenvalue weighted by Gasteiger charge is -2.32. The van der Waals surface area contributed by atoms with Gasteiger partial charge in [0.2, 0.25) is 5.95 Å². The molecule has 5 heteroatoms. The lowest BCUT2D eigenvalue weighted by molar-refractivity contribution is 0.0718. The van der Waals surface area contributed by atoms with Gasteiger partial charge in [0, 0.05) is 30.1 Å². The second kappa shape index (κ2) is 9.97. The summed E-state index contributed by atoms with van der Waals surface area (Å²) < 4.78 is 0. The number of hydrogen-bond donors (Lipinski definition) is 1. The number of nitrogens with one attached hydrogen (secondary N) is 1. The molecule has 37 heavy (non-hydrogen) atoms. The second-order valence-electron chi connectivity index (χ2n) is 10.6. The smallest absolute Gasteiger partial charge is 0.253 e. The van der Waals surface area contributed by atoms with Gasteiger partial charge in [-0.1, -0.05) is 48.0 Å². The fraction of sp³-hybridized carbons (Fsp3) is 0.344. The van der Waals surface area contributed by atoms with Crippen LogP contribution in [0.25, 0.3) is 22.0 Å². The maximum absolute atomic E-state index is 12.9. The van der Waals surface area contributed by atoms with Crippen molar-refractivity contribution in [3.63, 3.8) is 0 Å². The summed E-state index contributed by atoms with van der Waals surface area (Å²) in [5, 5.41) is 4.66. The van der Waals surface area contributed by atoms with E-state index in [1.165, 1.54) is 47.1 Å². The number of benzene rings is 3. The largest absolute Gasteiger partial charge is 0.351 e. The summed E-state index contributed by atoms with van der Waals surface area (Å²) in [5.41, 5.74) is 9.48. The fourth-order valence-electron chi connectivity index (χ4n) is 5.86. The van der Waals surface area contributed by atoms with E-state index < -0.39 is 0 Å². The van der Waals surface area contributed by atoms with Crippen LogP contribution in [0.3, 0.4) is 0 Å². The average Bonchev–Trinajstić information content (AvgIpc) is 2.93. The minimum atomic E-state index is 0.117. The highest BCUT2D eigenvalue weighted by atomic mass is 16.2. The van der Waals surface area contributed by atoms with Crippen LogP contribution in [0.15, 0.2) is 60.7 Å². The summed E-state index contributed by atoms with van der Waals surface area (Å²) >= 11 is 0. The average molecular weight is 491 g/mol. The summed E-state index contributed by atoms with van der Waals surface area (Å²) in [5.74, 6) is 0.799. The third-order valence-corrected chi connectivity index (χ3v) is 8.01. The van der Waals surface area contributed by atoms with Gasteiger partial charge < -0.3 is 10.2 Å². The lowest BCUT2D eigenvalue weighted by atomic mass is 9.86. The summed E-state index contributed by atoms with van der Waals surface area (Å²) in [4.78, 5) is 24.6. The molecule has 0 bridgehead atoms. The highest BCUT2D eigenvalue weighted by molar-refractivity contribution is 5.94. The Balaban J connectivity index is 1.19. The molecule has 0 unspecified atom stereocenters. The molecule has 2 heterocycles. The zero-order valence-electron chi connectivity index (χ0n) is 21.8. The van der Waals surface area contributed by atoms with Crippen molar-refractivity contribution >= 4 is 22.8 Å². The van der Waals surface area contributed by atoms with Gasteiger partial charge in [0.25, 0.3) is 5.91 Å². The molecule has 1 aromatic heterocycles. The summed E-state index contributed by atoms with van der Waals surface area (Å²) in [6.07, 6.45) is 6.66. The van der Waals surface area contributed by atoms with Gasteiger partial charge in [0.1, 0.15) is 0 Å². The van der Waals surface area contributed by atoms with Crippen molar-refractivity contribution in [2.24, 2.45) is 0 Å². The van der Waals surface area contributed by atoms with Crippen molar-refractivity contribution in [1.29, 1.82) is 0 Å². The first-order valence-electron chi connectivity index (χ1n) is 13.6. The number of likely N-dealkylation sites (tertiary alicyclic amines) is 1. The van der Waals surface area contributed by atoms with Crippen LogP contribution in [-0.2, 0) is 12.8 Å². The molecule has 2 aliphatic rings. The maximum atomic E-state index is 12.9. The third kappa shape index (κ3) is 4.83. The number of hydrogen-bond acceptors (Lipinski definition) is 4. The molecule has 3 aromatic carbocycles. The SMILES string of the molecule is Cc1ccc(C(=O)N2CCC(Nc3nc(C)c4ccc(-c5cccc6c5CCCC6)cc4n3)CC2)cc1. The molecule has 0 spiro atoms. The number of amides is 1. The molecule has 1 aliphatic carbocycles. The predicted molar refractivity (Wildman–Crippen MR) is 150 cm³/mol. The molecule has 5 nitrogen and oxygen atoms in total.